The standard InChI is InChI=1S/C24H21N2/c1-2-8-19(9-3-1)22-18-21-11-6-7-15-26(21)24(22)14-17-25-16-13-20-10-4-5-12-23(20)25/h1-12,15,17-18H,13-14,16H2. The Kier molecular flexibility index (Phi) is 3.75. The third-order valence-electron chi connectivity index (χ3n) is 5.30. The van der Waals surface area contributed by atoms with E-state index in [4.69, 9.17) is 0 Å². The third-order valence-corrected chi connectivity index (χ3v) is 5.30. The average Bonchev–Trinajstić information content (AvgIpc) is 3.28. The number of hydrogen-bond acceptors (Lipinski definition) is 1. The van der Waals surface area contributed by atoms with E-state index in [1.807, 2.05) is 0 Å². The molecule has 2 nitrogen and oxygen atoms in total. The highest BCUT2D eigenvalue weighted by molar-refractivity contribution is 5.74. The monoisotopic (exact) mass is 337 g/mol. The van der Waals surface area contributed by atoms with Crippen LogP contribution < -0.4 is 4.90 Å². The van der Waals surface area contributed by atoms with Crippen molar-refractivity contribution < 1.29 is 0 Å². The van der Waals surface area contributed by atoms with E-state index in [1.165, 1.54) is 33.6 Å². The number of rotatable bonds is 4. The van der Waals surface area contributed by atoms with E-state index in [9.17, 15) is 0 Å². The molecule has 0 amide bonds. The van der Waals surface area contributed by atoms with Crippen molar-refractivity contribution >= 4 is 11.2 Å². The van der Waals surface area contributed by atoms with Gasteiger partial charge < -0.3 is 9.30 Å². The van der Waals surface area contributed by atoms with E-state index in [1.54, 1.807) is 0 Å². The Balaban J connectivity index is 1.51. The molecule has 0 unspecified atom stereocenters. The quantitative estimate of drug-likeness (QED) is 0.485. The van der Waals surface area contributed by atoms with Crippen LogP contribution in [0.3, 0.4) is 0 Å². The minimum absolute atomic E-state index is 0.913. The van der Waals surface area contributed by atoms with Gasteiger partial charge in [0.2, 0.25) is 0 Å². The van der Waals surface area contributed by atoms with Gasteiger partial charge >= 0.3 is 0 Å². The van der Waals surface area contributed by atoms with Crippen molar-refractivity contribution in [2.45, 2.75) is 12.8 Å². The highest BCUT2D eigenvalue weighted by Crippen LogP contribution is 2.32. The summed E-state index contributed by atoms with van der Waals surface area (Å²) < 4.78 is 2.32. The van der Waals surface area contributed by atoms with Gasteiger partial charge in [0.25, 0.3) is 0 Å². The molecule has 2 aromatic heterocycles. The molecule has 0 saturated carbocycles. The minimum Gasteiger partial charge on any atom is -0.366 e. The molecule has 1 aliphatic rings. The molecule has 1 radical (unpaired) electrons. The molecule has 0 saturated heterocycles. The summed E-state index contributed by atoms with van der Waals surface area (Å²) in [7, 11) is 0. The van der Waals surface area contributed by atoms with Crippen LogP contribution in [-0.2, 0) is 12.8 Å². The normalized spacial score (nSPS) is 13.3. The van der Waals surface area contributed by atoms with E-state index < -0.39 is 0 Å². The number of hydrogen-bond donors (Lipinski definition) is 0. The number of anilines is 1. The van der Waals surface area contributed by atoms with Crippen LogP contribution in [0.2, 0.25) is 0 Å². The second-order valence-corrected chi connectivity index (χ2v) is 6.83. The molecule has 0 spiro atoms. The zero-order valence-electron chi connectivity index (χ0n) is 14.7. The van der Waals surface area contributed by atoms with Crippen molar-refractivity contribution in [3.05, 3.63) is 103 Å². The Labute approximate surface area is 154 Å². The molecule has 3 heterocycles. The van der Waals surface area contributed by atoms with Crippen molar-refractivity contribution in [1.82, 2.24) is 4.40 Å². The van der Waals surface area contributed by atoms with Crippen molar-refractivity contribution in [1.29, 1.82) is 0 Å². The lowest BCUT2D eigenvalue weighted by Crippen LogP contribution is -2.18. The summed E-state index contributed by atoms with van der Waals surface area (Å²) >= 11 is 0. The van der Waals surface area contributed by atoms with Crippen molar-refractivity contribution in [3.8, 4) is 11.1 Å². The van der Waals surface area contributed by atoms with Gasteiger partial charge in [-0.15, -0.1) is 0 Å². The number of pyridine rings is 1. The van der Waals surface area contributed by atoms with E-state index in [-0.39, 0.29) is 0 Å². The fourth-order valence-corrected chi connectivity index (χ4v) is 4.01. The third kappa shape index (κ3) is 2.59. The first kappa shape index (κ1) is 15.3. The SMILES string of the molecule is [CH](Cc1c(-c2ccccc2)cc2ccccn12)N1CCc2ccccc21. The highest BCUT2D eigenvalue weighted by atomic mass is 15.1. The predicted molar refractivity (Wildman–Crippen MR) is 108 cm³/mol. The Morgan fingerprint density at radius 1 is 0.846 bits per heavy atom. The number of fused-ring (bicyclic) bond motifs is 2. The smallest absolute Gasteiger partial charge is 0.0552 e. The first-order valence-electron chi connectivity index (χ1n) is 9.22. The van der Waals surface area contributed by atoms with Gasteiger partial charge in [-0.2, -0.15) is 0 Å². The lowest BCUT2D eigenvalue weighted by atomic mass is 10.0. The molecule has 0 N–H and O–H groups in total. The van der Waals surface area contributed by atoms with Crippen LogP contribution in [-0.4, -0.2) is 10.9 Å². The summed E-state index contributed by atoms with van der Waals surface area (Å²) in [6.07, 6.45) is 4.22. The summed E-state index contributed by atoms with van der Waals surface area (Å²) in [6.45, 7) is 3.43. The van der Waals surface area contributed by atoms with Gasteiger partial charge in [-0.25, -0.2) is 0 Å². The molecule has 26 heavy (non-hydrogen) atoms. The largest absolute Gasteiger partial charge is 0.366 e. The average molecular weight is 337 g/mol. The number of para-hydroxylation sites is 1. The molecule has 1 aliphatic heterocycles. The summed E-state index contributed by atoms with van der Waals surface area (Å²) in [5.41, 5.74) is 8.00. The molecular weight excluding hydrogens is 316 g/mol. The van der Waals surface area contributed by atoms with Gasteiger partial charge in [-0.3, -0.25) is 0 Å². The molecule has 2 aromatic carbocycles. The van der Waals surface area contributed by atoms with E-state index >= 15 is 0 Å². The second kappa shape index (κ2) is 6.38. The van der Waals surface area contributed by atoms with Crippen LogP contribution in [0.25, 0.3) is 16.6 Å². The van der Waals surface area contributed by atoms with E-state index in [2.05, 4.69) is 101 Å². The van der Waals surface area contributed by atoms with Crippen LogP contribution >= 0.6 is 0 Å². The molecule has 0 bridgehead atoms. The topological polar surface area (TPSA) is 7.65 Å². The Morgan fingerprint density at radius 2 is 1.65 bits per heavy atom. The van der Waals surface area contributed by atoms with Gasteiger partial charge in [0.05, 0.1) is 6.54 Å². The van der Waals surface area contributed by atoms with Gasteiger partial charge in [0.15, 0.2) is 0 Å². The van der Waals surface area contributed by atoms with Crippen LogP contribution in [0.15, 0.2) is 85.1 Å². The fourth-order valence-electron chi connectivity index (χ4n) is 4.01. The van der Waals surface area contributed by atoms with Gasteiger partial charge in [-0.1, -0.05) is 54.6 Å². The zero-order chi connectivity index (χ0) is 17.3. The Bertz CT molecular complexity index is 1050. The molecule has 127 valence electrons. The molecule has 0 atom stereocenters. The van der Waals surface area contributed by atoms with Crippen LogP contribution in [0.1, 0.15) is 11.3 Å². The Hall–Kier alpha value is -3.00. The molecule has 0 aliphatic carbocycles. The zero-order valence-corrected chi connectivity index (χ0v) is 14.7. The van der Waals surface area contributed by atoms with Crippen molar-refractivity contribution in [2.75, 3.05) is 11.4 Å². The van der Waals surface area contributed by atoms with Gasteiger partial charge in [0.1, 0.15) is 0 Å². The maximum atomic E-state index is 2.41. The summed E-state index contributed by atoms with van der Waals surface area (Å²) in [5, 5.41) is 0. The first-order chi connectivity index (χ1) is 12.9. The fraction of sp³-hybridized carbons (Fsp3) is 0.125. The molecule has 0 fully saturated rings. The maximum absolute atomic E-state index is 2.41. The minimum atomic E-state index is 0.913. The van der Waals surface area contributed by atoms with Crippen molar-refractivity contribution in [2.24, 2.45) is 0 Å². The van der Waals surface area contributed by atoms with Gasteiger partial charge in [-0.05, 0) is 41.8 Å². The molecule has 4 aromatic rings. The van der Waals surface area contributed by atoms with Crippen LogP contribution in [0.4, 0.5) is 5.69 Å². The molecule has 5 rings (SSSR count). The van der Waals surface area contributed by atoms with Crippen molar-refractivity contribution in [3.63, 3.8) is 0 Å². The lowest BCUT2D eigenvalue weighted by Gasteiger charge is -2.19. The lowest BCUT2D eigenvalue weighted by molar-refractivity contribution is 0.880. The van der Waals surface area contributed by atoms with E-state index in [0.29, 0.717) is 0 Å². The van der Waals surface area contributed by atoms with Gasteiger partial charge in [0, 0.05) is 41.6 Å². The highest BCUT2D eigenvalue weighted by Gasteiger charge is 2.20. The summed E-state index contributed by atoms with van der Waals surface area (Å²) in [5.74, 6) is 0. The predicted octanol–water partition coefficient (Wildman–Crippen LogP) is 5.37. The number of nitrogens with zero attached hydrogens (tertiary/aromatic N) is 2. The maximum Gasteiger partial charge on any atom is 0.0552 e. The second-order valence-electron chi connectivity index (χ2n) is 6.83. The molecule has 2 heteroatoms. The summed E-state index contributed by atoms with van der Waals surface area (Å²) in [6, 6.07) is 28.1. The van der Waals surface area contributed by atoms with E-state index in [0.717, 1.165) is 19.4 Å². The van der Waals surface area contributed by atoms with Crippen LogP contribution in [0.5, 0.6) is 0 Å². The number of benzene rings is 2. The summed E-state index contributed by atoms with van der Waals surface area (Å²) in [4.78, 5) is 2.41. The molecular formula is C24H21N2. The first-order valence-corrected chi connectivity index (χ1v) is 9.22. The van der Waals surface area contributed by atoms with Crippen LogP contribution in [0, 0.1) is 6.54 Å². The Morgan fingerprint density at radius 3 is 2.58 bits per heavy atom. The number of aromatic nitrogens is 1.